The smallest absolute Gasteiger partial charge is 0.257 e. The average molecular weight is 266 g/mol. The number of nitrogens with zero attached hydrogens (tertiary/aromatic N) is 1. The van der Waals surface area contributed by atoms with E-state index in [1.165, 1.54) is 12.1 Å². The van der Waals surface area contributed by atoms with Gasteiger partial charge in [0.2, 0.25) is 0 Å². The van der Waals surface area contributed by atoms with Crippen LogP contribution in [0.4, 0.5) is 4.39 Å². The standard InChI is InChI=1S/C14H19FN2O2/c1-17(9-10-3-2-6-16-8-10)14(19)12-5-4-11(15)7-13(12)18/h4-5,7,10,16,18H,2-3,6,8-9H2,1H3. The van der Waals surface area contributed by atoms with Crippen LogP contribution in [0.2, 0.25) is 0 Å². The van der Waals surface area contributed by atoms with Gasteiger partial charge in [0.25, 0.3) is 5.91 Å². The molecule has 0 aliphatic carbocycles. The van der Waals surface area contributed by atoms with Gasteiger partial charge in [-0.15, -0.1) is 0 Å². The minimum absolute atomic E-state index is 0.146. The van der Waals surface area contributed by atoms with Crippen molar-refractivity contribution in [2.75, 3.05) is 26.7 Å². The topological polar surface area (TPSA) is 52.6 Å². The summed E-state index contributed by atoms with van der Waals surface area (Å²) in [5, 5.41) is 12.9. The first-order valence-corrected chi connectivity index (χ1v) is 6.52. The summed E-state index contributed by atoms with van der Waals surface area (Å²) in [4.78, 5) is 13.8. The highest BCUT2D eigenvalue weighted by atomic mass is 19.1. The van der Waals surface area contributed by atoms with E-state index in [-0.39, 0.29) is 17.2 Å². The number of amides is 1. The van der Waals surface area contributed by atoms with Crippen LogP contribution in [0.25, 0.3) is 0 Å². The molecule has 1 amide bonds. The molecule has 0 bridgehead atoms. The number of carbonyl (C=O) groups excluding carboxylic acids is 1. The number of aromatic hydroxyl groups is 1. The highest BCUT2D eigenvalue weighted by Gasteiger charge is 2.20. The van der Waals surface area contributed by atoms with Gasteiger partial charge in [-0.25, -0.2) is 4.39 Å². The van der Waals surface area contributed by atoms with Gasteiger partial charge in [0.15, 0.2) is 0 Å². The number of rotatable bonds is 3. The largest absolute Gasteiger partial charge is 0.507 e. The fraction of sp³-hybridized carbons (Fsp3) is 0.500. The van der Waals surface area contributed by atoms with Crippen LogP contribution in [0.5, 0.6) is 5.75 Å². The van der Waals surface area contributed by atoms with Gasteiger partial charge in [0, 0.05) is 19.7 Å². The minimum atomic E-state index is -0.548. The molecule has 1 fully saturated rings. The molecule has 19 heavy (non-hydrogen) atoms. The molecule has 1 aliphatic heterocycles. The van der Waals surface area contributed by atoms with Gasteiger partial charge in [-0.3, -0.25) is 4.79 Å². The summed E-state index contributed by atoms with van der Waals surface area (Å²) < 4.78 is 12.9. The van der Waals surface area contributed by atoms with Gasteiger partial charge < -0.3 is 15.3 Å². The second-order valence-corrected chi connectivity index (χ2v) is 5.06. The van der Waals surface area contributed by atoms with Crippen molar-refractivity contribution in [1.29, 1.82) is 0 Å². The number of benzene rings is 1. The van der Waals surface area contributed by atoms with E-state index in [0.29, 0.717) is 12.5 Å². The second-order valence-electron chi connectivity index (χ2n) is 5.06. The van der Waals surface area contributed by atoms with Crippen LogP contribution in [0.15, 0.2) is 18.2 Å². The zero-order valence-electron chi connectivity index (χ0n) is 11.0. The molecule has 1 aromatic rings. The Balaban J connectivity index is 2.01. The third-order valence-electron chi connectivity index (χ3n) is 3.47. The fourth-order valence-electron chi connectivity index (χ4n) is 2.44. The van der Waals surface area contributed by atoms with E-state index < -0.39 is 5.82 Å². The number of carbonyl (C=O) groups is 1. The number of hydrogen-bond acceptors (Lipinski definition) is 3. The van der Waals surface area contributed by atoms with Gasteiger partial charge in [-0.2, -0.15) is 0 Å². The van der Waals surface area contributed by atoms with Crippen molar-refractivity contribution in [3.8, 4) is 5.75 Å². The van der Waals surface area contributed by atoms with Gasteiger partial charge in [0.1, 0.15) is 11.6 Å². The Labute approximate surface area is 112 Å². The molecule has 0 spiro atoms. The van der Waals surface area contributed by atoms with Gasteiger partial charge in [-0.05, 0) is 44.0 Å². The van der Waals surface area contributed by atoms with Gasteiger partial charge >= 0.3 is 0 Å². The summed E-state index contributed by atoms with van der Waals surface area (Å²) in [6.07, 6.45) is 2.22. The molecule has 2 N–H and O–H groups in total. The quantitative estimate of drug-likeness (QED) is 0.874. The molecule has 1 unspecified atom stereocenters. The second kappa shape index (κ2) is 6.02. The molecular weight excluding hydrogens is 247 g/mol. The van der Waals surface area contributed by atoms with Crippen molar-refractivity contribution in [1.82, 2.24) is 10.2 Å². The summed E-state index contributed by atoms with van der Waals surface area (Å²) in [7, 11) is 1.71. The zero-order valence-corrected chi connectivity index (χ0v) is 11.0. The van der Waals surface area contributed by atoms with E-state index in [4.69, 9.17) is 0 Å². The van der Waals surface area contributed by atoms with E-state index in [1.807, 2.05) is 0 Å². The van der Waals surface area contributed by atoms with Crippen LogP contribution >= 0.6 is 0 Å². The number of hydrogen-bond donors (Lipinski definition) is 2. The first-order valence-electron chi connectivity index (χ1n) is 6.52. The lowest BCUT2D eigenvalue weighted by atomic mass is 9.99. The lowest BCUT2D eigenvalue weighted by Crippen LogP contribution is -2.39. The van der Waals surface area contributed by atoms with Crippen molar-refractivity contribution in [3.63, 3.8) is 0 Å². The monoisotopic (exact) mass is 266 g/mol. The molecule has 0 saturated carbocycles. The summed E-state index contributed by atoms with van der Waals surface area (Å²) >= 11 is 0. The molecule has 0 radical (unpaired) electrons. The maximum Gasteiger partial charge on any atom is 0.257 e. The molecule has 1 atom stereocenters. The number of phenols is 1. The van der Waals surface area contributed by atoms with Crippen molar-refractivity contribution < 1.29 is 14.3 Å². The van der Waals surface area contributed by atoms with E-state index in [9.17, 15) is 14.3 Å². The number of halogens is 1. The Morgan fingerprint density at radius 1 is 1.58 bits per heavy atom. The van der Waals surface area contributed by atoms with Crippen LogP contribution in [0.1, 0.15) is 23.2 Å². The highest BCUT2D eigenvalue weighted by molar-refractivity contribution is 5.96. The molecule has 2 rings (SSSR count). The van der Waals surface area contributed by atoms with Crippen LogP contribution in [0.3, 0.4) is 0 Å². The van der Waals surface area contributed by atoms with Crippen LogP contribution < -0.4 is 5.32 Å². The zero-order chi connectivity index (χ0) is 13.8. The Morgan fingerprint density at radius 3 is 3.00 bits per heavy atom. The van der Waals surface area contributed by atoms with Crippen LogP contribution in [-0.4, -0.2) is 42.6 Å². The lowest BCUT2D eigenvalue weighted by molar-refractivity contribution is 0.0761. The summed E-state index contributed by atoms with van der Waals surface area (Å²) in [6.45, 7) is 2.59. The van der Waals surface area contributed by atoms with Crippen molar-refractivity contribution >= 4 is 5.91 Å². The predicted octanol–water partition coefficient (Wildman–Crippen LogP) is 1.60. The van der Waals surface area contributed by atoms with E-state index in [0.717, 1.165) is 32.0 Å². The number of piperidine rings is 1. The van der Waals surface area contributed by atoms with Gasteiger partial charge in [0.05, 0.1) is 5.56 Å². The Bertz CT molecular complexity index is 459. The molecule has 1 heterocycles. The predicted molar refractivity (Wildman–Crippen MR) is 70.6 cm³/mol. The molecule has 5 heteroatoms. The van der Waals surface area contributed by atoms with E-state index in [1.54, 1.807) is 11.9 Å². The van der Waals surface area contributed by atoms with E-state index in [2.05, 4.69) is 5.32 Å². The summed E-state index contributed by atoms with van der Waals surface area (Å²) in [5.41, 5.74) is 0.146. The van der Waals surface area contributed by atoms with Crippen LogP contribution in [-0.2, 0) is 0 Å². The first kappa shape index (κ1) is 13.8. The third kappa shape index (κ3) is 3.44. The molecule has 1 aliphatic rings. The fourth-order valence-corrected chi connectivity index (χ4v) is 2.44. The first-order chi connectivity index (χ1) is 9.08. The molecular formula is C14H19FN2O2. The molecule has 1 aromatic carbocycles. The number of phenolic OH excluding ortho intramolecular Hbond substituents is 1. The normalized spacial score (nSPS) is 19.2. The lowest BCUT2D eigenvalue weighted by Gasteiger charge is -2.27. The third-order valence-corrected chi connectivity index (χ3v) is 3.47. The Kier molecular flexibility index (Phi) is 4.37. The Hall–Kier alpha value is -1.62. The Morgan fingerprint density at radius 2 is 2.37 bits per heavy atom. The molecule has 4 nitrogen and oxygen atoms in total. The highest BCUT2D eigenvalue weighted by Crippen LogP contribution is 2.20. The minimum Gasteiger partial charge on any atom is -0.507 e. The van der Waals surface area contributed by atoms with Crippen molar-refractivity contribution in [3.05, 3.63) is 29.6 Å². The molecule has 0 aromatic heterocycles. The number of nitrogens with one attached hydrogen (secondary N) is 1. The maximum absolute atomic E-state index is 12.9. The van der Waals surface area contributed by atoms with Crippen molar-refractivity contribution in [2.45, 2.75) is 12.8 Å². The SMILES string of the molecule is CN(CC1CCCNC1)C(=O)c1ccc(F)cc1O. The average Bonchev–Trinajstić information content (AvgIpc) is 2.39. The summed E-state index contributed by atoms with van der Waals surface area (Å²) in [6, 6.07) is 3.47. The maximum atomic E-state index is 12.9. The van der Waals surface area contributed by atoms with E-state index >= 15 is 0 Å². The van der Waals surface area contributed by atoms with Crippen LogP contribution in [0, 0.1) is 11.7 Å². The summed E-state index contributed by atoms with van der Waals surface area (Å²) in [5.74, 6) is -0.694. The van der Waals surface area contributed by atoms with Crippen molar-refractivity contribution in [2.24, 2.45) is 5.92 Å². The molecule has 104 valence electrons. The van der Waals surface area contributed by atoms with Gasteiger partial charge in [-0.1, -0.05) is 0 Å². The molecule has 1 saturated heterocycles.